The van der Waals surface area contributed by atoms with Crippen LogP contribution in [-0.4, -0.2) is 24.1 Å². The van der Waals surface area contributed by atoms with Gasteiger partial charge in [0, 0.05) is 17.5 Å². The summed E-state index contributed by atoms with van der Waals surface area (Å²) < 4.78 is 0. The third kappa shape index (κ3) is 2.52. The van der Waals surface area contributed by atoms with E-state index in [9.17, 15) is 0 Å². The Bertz CT molecular complexity index is 429. The average molecular weight is 279 g/mol. The van der Waals surface area contributed by atoms with E-state index >= 15 is 0 Å². The van der Waals surface area contributed by atoms with Gasteiger partial charge in [0.2, 0.25) is 0 Å². The van der Waals surface area contributed by atoms with Crippen LogP contribution < -0.4 is 10.2 Å². The SMILES string of the molecule is CCNC1CCCc2sc(N3CCCC3CC)nc21. The second-order valence-corrected chi connectivity index (χ2v) is 6.77. The Labute approximate surface area is 120 Å². The van der Waals surface area contributed by atoms with E-state index in [1.807, 2.05) is 11.3 Å². The summed E-state index contributed by atoms with van der Waals surface area (Å²) in [5.74, 6) is 0. The van der Waals surface area contributed by atoms with Crippen LogP contribution in [0, 0.1) is 0 Å². The number of fused-ring (bicyclic) bond motifs is 1. The number of aromatic nitrogens is 1. The van der Waals surface area contributed by atoms with E-state index in [2.05, 4.69) is 24.1 Å². The molecule has 3 rings (SSSR count). The minimum absolute atomic E-state index is 0.501. The van der Waals surface area contributed by atoms with Gasteiger partial charge in [0.15, 0.2) is 5.13 Å². The first-order chi connectivity index (χ1) is 9.33. The number of thiazole rings is 1. The van der Waals surface area contributed by atoms with Crippen molar-refractivity contribution in [1.29, 1.82) is 0 Å². The van der Waals surface area contributed by atoms with Crippen LogP contribution in [0.5, 0.6) is 0 Å². The van der Waals surface area contributed by atoms with E-state index in [0.29, 0.717) is 6.04 Å². The van der Waals surface area contributed by atoms with Gasteiger partial charge in [-0.2, -0.15) is 0 Å². The Morgan fingerprint density at radius 1 is 1.32 bits per heavy atom. The summed E-state index contributed by atoms with van der Waals surface area (Å²) in [5, 5.41) is 4.89. The Balaban J connectivity index is 1.84. The summed E-state index contributed by atoms with van der Waals surface area (Å²) in [5.41, 5.74) is 1.36. The summed E-state index contributed by atoms with van der Waals surface area (Å²) in [6.07, 6.45) is 7.72. The van der Waals surface area contributed by atoms with Crippen molar-refractivity contribution in [3.63, 3.8) is 0 Å². The molecule has 1 aromatic heterocycles. The van der Waals surface area contributed by atoms with Crippen LogP contribution in [0.15, 0.2) is 0 Å². The topological polar surface area (TPSA) is 28.2 Å². The monoisotopic (exact) mass is 279 g/mol. The molecule has 1 aliphatic carbocycles. The van der Waals surface area contributed by atoms with E-state index in [-0.39, 0.29) is 0 Å². The molecule has 4 heteroatoms. The van der Waals surface area contributed by atoms with E-state index < -0.39 is 0 Å². The van der Waals surface area contributed by atoms with Crippen LogP contribution in [0.1, 0.15) is 62.6 Å². The third-order valence-corrected chi connectivity index (χ3v) is 5.66. The van der Waals surface area contributed by atoms with Gasteiger partial charge < -0.3 is 10.2 Å². The standard InChI is InChI=1S/C15H25N3S/c1-3-11-7-6-10-18(11)15-17-14-12(16-4-2)8-5-9-13(14)19-15/h11-12,16H,3-10H2,1-2H3. The number of aryl methyl sites for hydroxylation is 1. The van der Waals surface area contributed by atoms with Crippen molar-refractivity contribution in [2.24, 2.45) is 0 Å². The lowest BCUT2D eigenvalue weighted by Gasteiger charge is -2.23. The van der Waals surface area contributed by atoms with Crippen LogP contribution in [0.2, 0.25) is 0 Å². The minimum atomic E-state index is 0.501. The van der Waals surface area contributed by atoms with Crippen molar-refractivity contribution in [2.75, 3.05) is 18.0 Å². The Morgan fingerprint density at radius 2 is 2.21 bits per heavy atom. The van der Waals surface area contributed by atoms with Crippen LogP contribution in [0.4, 0.5) is 5.13 Å². The molecule has 0 bridgehead atoms. The summed E-state index contributed by atoms with van der Waals surface area (Å²) in [6.45, 7) is 6.74. The highest BCUT2D eigenvalue weighted by molar-refractivity contribution is 7.15. The zero-order valence-electron chi connectivity index (χ0n) is 12.1. The van der Waals surface area contributed by atoms with Crippen molar-refractivity contribution in [2.45, 2.75) is 64.5 Å². The first kappa shape index (κ1) is 13.4. The highest BCUT2D eigenvalue weighted by atomic mass is 32.1. The molecule has 1 aromatic rings. The fraction of sp³-hybridized carbons (Fsp3) is 0.800. The summed E-state index contributed by atoms with van der Waals surface area (Å²) in [4.78, 5) is 9.11. The first-order valence-corrected chi connectivity index (χ1v) is 8.64. The van der Waals surface area contributed by atoms with E-state index in [1.165, 1.54) is 60.8 Å². The van der Waals surface area contributed by atoms with Gasteiger partial charge in [0.05, 0.1) is 11.7 Å². The number of anilines is 1. The van der Waals surface area contributed by atoms with E-state index in [0.717, 1.165) is 12.6 Å². The van der Waals surface area contributed by atoms with Gasteiger partial charge >= 0.3 is 0 Å². The second-order valence-electron chi connectivity index (χ2n) is 5.71. The van der Waals surface area contributed by atoms with Crippen molar-refractivity contribution in [3.05, 3.63) is 10.6 Å². The molecule has 1 saturated heterocycles. The molecule has 1 N–H and O–H groups in total. The maximum absolute atomic E-state index is 5.01. The Hall–Kier alpha value is -0.610. The molecule has 2 heterocycles. The normalized spacial score (nSPS) is 26.7. The zero-order valence-corrected chi connectivity index (χ0v) is 12.9. The number of hydrogen-bond acceptors (Lipinski definition) is 4. The van der Waals surface area contributed by atoms with Gasteiger partial charge in [-0.1, -0.05) is 13.8 Å². The van der Waals surface area contributed by atoms with Crippen LogP contribution >= 0.6 is 11.3 Å². The number of nitrogens with zero attached hydrogens (tertiary/aromatic N) is 2. The summed E-state index contributed by atoms with van der Waals surface area (Å²) >= 11 is 1.96. The first-order valence-electron chi connectivity index (χ1n) is 7.83. The molecule has 19 heavy (non-hydrogen) atoms. The summed E-state index contributed by atoms with van der Waals surface area (Å²) in [7, 11) is 0. The summed E-state index contributed by atoms with van der Waals surface area (Å²) in [6, 6.07) is 1.23. The molecule has 1 aliphatic heterocycles. The van der Waals surface area contributed by atoms with Crippen LogP contribution in [0.25, 0.3) is 0 Å². The molecule has 0 radical (unpaired) electrons. The van der Waals surface area contributed by atoms with Crippen molar-refractivity contribution >= 4 is 16.5 Å². The molecule has 2 aliphatic rings. The molecule has 0 amide bonds. The lowest BCUT2D eigenvalue weighted by Crippen LogP contribution is -2.28. The van der Waals surface area contributed by atoms with Gasteiger partial charge in [0.25, 0.3) is 0 Å². The van der Waals surface area contributed by atoms with Crippen molar-refractivity contribution in [1.82, 2.24) is 10.3 Å². The molecule has 2 unspecified atom stereocenters. The maximum atomic E-state index is 5.01. The van der Waals surface area contributed by atoms with Gasteiger partial charge in [-0.05, 0) is 45.1 Å². The van der Waals surface area contributed by atoms with Crippen molar-refractivity contribution < 1.29 is 0 Å². The molecular formula is C15H25N3S. The van der Waals surface area contributed by atoms with E-state index in [1.54, 1.807) is 0 Å². The quantitative estimate of drug-likeness (QED) is 0.914. The van der Waals surface area contributed by atoms with Gasteiger partial charge in [-0.25, -0.2) is 4.98 Å². The van der Waals surface area contributed by atoms with Crippen molar-refractivity contribution in [3.8, 4) is 0 Å². The third-order valence-electron chi connectivity index (χ3n) is 4.49. The smallest absolute Gasteiger partial charge is 0.186 e. The number of hydrogen-bond donors (Lipinski definition) is 1. The lowest BCUT2D eigenvalue weighted by atomic mass is 9.98. The predicted molar refractivity (Wildman–Crippen MR) is 82.1 cm³/mol. The largest absolute Gasteiger partial charge is 0.345 e. The molecule has 3 nitrogen and oxygen atoms in total. The number of nitrogens with one attached hydrogen (secondary N) is 1. The maximum Gasteiger partial charge on any atom is 0.186 e. The molecular weight excluding hydrogens is 254 g/mol. The molecule has 1 fully saturated rings. The highest BCUT2D eigenvalue weighted by Crippen LogP contribution is 2.39. The van der Waals surface area contributed by atoms with E-state index in [4.69, 9.17) is 4.98 Å². The molecule has 0 spiro atoms. The van der Waals surface area contributed by atoms with Crippen LogP contribution in [-0.2, 0) is 6.42 Å². The predicted octanol–water partition coefficient (Wildman–Crippen LogP) is 3.51. The molecule has 106 valence electrons. The fourth-order valence-corrected chi connectivity index (χ4v) is 4.75. The molecule has 0 saturated carbocycles. The molecule has 0 aromatic carbocycles. The zero-order chi connectivity index (χ0) is 13.2. The Kier molecular flexibility index (Phi) is 4.08. The average Bonchev–Trinajstić information content (AvgIpc) is 3.05. The highest BCUT2D eigenvalue weighted by Gasteiger charge is 2.29. The lowest BCUT2D eigenvalue weighted by molar-refractivity contribution is 0.465. The fourth-order valence-electron chi connectivity index (χ4n) is 3.49. The molecule has 2 atom stereocenters. The Morgan fingerprint density at radius 3 is 3.00 bits per heavy atom. The van der Waals surface area contributed by atoms with Crippen LogP contribution in [0.3, 0.4) is 0 Å². The van der Waals surface area contributed by atoms with Gasteiger partial charge in [-0.15, -0.1) is 11.3 Å². The van der Waals surface area contributed by atoms with Gasteiger partial charge in [-0.3, -0.25) is 0 Å². The minimum Gasteiger partial charge on any atom is -0.345 e. The number of rotatable bonds is 4. The van der Waals surface area contributed by atoms with Gasteiger partial charge in [0.1, 0.15) is 0 Å². The second kappa shape index (κ2) is 5.80.